The Kier molecular flexibility index (Phi) is 6.63. The highest BCUT2D eigenvalue weighted by atomic mass is 16.5. The van der Waals surface area contributed by atoms with Gasteiger partial charge in [0.15, 0.2) is 0 Å². The molecular weight excluding hydrogens is 344 g/mol. The van der Waals surface area contributed by atoms with Gasteiger partial charge in [-0.2, -0.15) is 0 Å². The number of likely N-dealkylation sites (tertiary alicyclic amines) is 1. The summed E-state index contributed by atoms with van der Waals surface area (Å²) in [4.78, 5) is 29.6. The molecule has 0 radical (unpaired) electrons. The zero-order chi connectivity index (χ0) is 19.2. The number of hydrogen-bond donors (Lipinski definition) is 1. The Hall–Kier alpha value is -2.18. The second-order valence-electron chi connectivity index (χ2n) is 7.04. The molecular formula is C21H28N2O4. The van der Waals surface area contributed by atoms with E-state index >= 15 is 0 Å². The average Bonchev–Trinajstić information content (AvgIpc) is 2.96. The van der Waals surface area contributed by atoms with Crippen molar-refractivity contribution in [2.45, 2.75) is 26.2 Å². The van der Waals surface area contributed by atoms with E-state index in [9.17, 15) is 14.7 Å². The average molecular weight is 372 g/mol. The van der Waals surface area contributed by atoms with Crippen LogP contribution in [0.15, 0.2) is 36.0 Å². The molecule has 2 heterocycles. The van der Waals surface area contributed by atoms with Crippen LogP contribution in [0.3, 0.4) is 0 Å². The number of carbonyl (C=O) groups excluding carboxylic acids is 2. The number of nitrogens with zero attached hydrogens (tertiary/aromatic N) is 2. The standard InChI is InChI=1S/C21H28N2O4/c1-2-27-13-7-12-23-20(25)18(17-9-4-3-5-10-17)19(21(23)26)22-11-6-8-16(14-22)15-24/h3-5,9-10,16,24H,2,6-8,11-15H2,1H3. The van der Waals surface area contributed by atoms with Crippen molar-refractivity contribution in [1.29, 1.82) is 0 Å². The number of carbonyl (C=O) groups is 2. The molecule has 0 aliphatic carbocycles. The summed E-state index contributed by atoms with van der Waals surface area (Å²) in [6.45, 7) is 4.87. The smallest absolute Gasteiger partial charge is 0.277 e. The highest BCUT2D eigenvalue weighted by molar-refractivity contribution is 6.35. The third-order valence-electron chi connectivity index (χ3n) is 5.17. The molecule has 2 aliphatic heterocycles. The number of aliphatic hydroxyl groups is 1. The van der Waals surface area contributed by atoms with E-state index in [1.54, 1.807) is 0 Å². The van der Waals surface area contributed by atoms with Crippen LogP contribution in [0.4, 0.5) is 0 Å². The largest absolute Gasteiger partial charge is 0.396 e. The van der Waals surface area contributed by atoms with Crippen molar-refractivity contribution in [1.82, 2.24) is 9.80 Å². The maximum Gasteiger partial charge on any atom is 0.277 e. The molecule has 1 N–H and O–H groups in total. The Morgan fingerprint density at radius 1 is 1.19 bits per heavy atom. The van der Waals surface area contributed by atoms with E-state index in [4.69, 9.17) is 4.74 Å². The van der Waals surface area contributed by atoms with Crippen LogP contribution in [-0.2, 0) is 14.3 Å². The summed E-state index contributed by atoms with van der Waals surface area (Å²) in [7, 11) is 0. The lowest BCUT2D eigenvalue weighted by Crippen LogP contribution is -2.40. The summed E-state index contributed by atoms with van der Waals surface area (Å²) in [6.07, 6.45) is 2.48. The molecule has 1 unspecified atom stereocenters. The molecule has 6 heteroatoms. The van der Waals surface area contributed by atoms with Crippen LogP contribution in [-0.4, -0.2) is 66.2 Å². The van der Waals surface area contributed by atoms with Crippen LogP contribution >= 0.6 is 0 Å². The first-order valence-corrected chi connectivity index (χ1v) is 9.76. The molecule has 0 aromatic heterocycles. The van der Waals surface area contributed by atoms with Gasteiger partial charge in [-0.15, -0.1) is 0 Å². The maximum atomic E-state index is 13.2. The van der Waals surface area contributed by atoms with Crippen LogP contribution in [0.25, 0.3) is 5.57 Å². The fraction of sp³-hybridized carbons (Fsp3) is 0.524. The van der Waals surface area contributed by atoms with Crippen molar-refractivity contribution in [2.75, 3.05) is 39.5 Å². The van der Waals surface area contributed by atoms with Crippen LogP contribution in [0.1, 0.15) is 31.7 Å². The number of aliphatic hydroxyl groups excluding tert-OH is 1. The van der Waals surface area contributed by atoms with Gasteiger partial charge in [0.2, 0.25) is 0 Å². The Balaban J connectivity index is 1.89. The molecule has 1 aromatic carbocycles. The van der Waals surface area contributed by atoms with E-state index in [1.165, 1.54) is 4.90 Å². The first-order chi connectivity index (χ1) is 13.2. The molecule has 0 bridgehead atoms. The number of hydrogen-bond acceptors (Lipinski definition) is 5. The second-order valence-corrected chi connectivity index (χ2v) is 7.04. The van der Waals surface area contributed by atoms with Crippen molar-refractivity contribution >= 4 is 17.4 Å². The number of rotatable bonds is 8. The molecule has 2 amide bonds. The monoisotopic (exact) mass is 372 g/mol. The molecule has 0 saturated carbocycles. The molecule has 2 aliphatic rings. The first-order valence-electron chi connectivity index (χ1n) is 9.76. The predicted octanol–water partition coefficient (Wildman–Crippen LogP) is 1.90. The number of benzene rings is 1. The van der Waals surface area contributed by atoms with Crippen LogP contribution in [0.5, 0.6) is 0 Å². The highest BCUT2D eigenvalue weighted by Crippen LogP contribution is 2.33. The Bertz CT molecular complexity index is 701. The van der Waals surface area contributed by atoms with Gasteiger partial charge in [-0.3, -0.25) is 14.5 Å². The van der Waals surface area contributed by atoms with E-state index < -0.39 is 0 Å². The van der Waals surface area contributed by atoms with Crippen molar-refractivity contribution in [3.05, 3.63) is 41.6 Å². The lowest BCUT2D eigenvalue weighted by Gasteiger charge is -2.34. The van der Waals surface area contributed by atoms with Gasteiger partial charge >= 0.3 is 0 Å². The quantitative estimate of drug-likeness (QED) is 0.557. The summed E-state index contributed by atoms with van der Waals surface area (Å²) >= 11 is 0. The zero-order valence-electron chi connectivity index (χ0n) is 15.9. The van der Waals surface area contributed by atoms with Crippen LogP contribution in [0, 0.1) is 5.92 Å². The normalized spacial score (nSPS) is 20.7. The van der Waals surface area contributed by atoms with E-state index in [1.807, 2.05) is 42.2 Å². The van der Waals surface area contributed by atoms with E-state index in [0.717, 1.165) is 24.9 Å². The van der Waals surface area contributed by atoms with Gasteiger partial charge in [0.1, 0.15) is 5.70 Å². The summed E-state index contributed by atoms with van der Waals surface area (Å²) in [5, 5.41) is 9.55. The number of amides is 2. The molecule has 146 valence electrons. The summed E-state index contributed by atoms with van der Waals surface area (Å²) in [5.74, 6) is -0.323. The lowest BCUT2D eigenvalue weighted by molar-refractivity contribution is -0.137. The fourth-order valence-electron chi connectivity index (χ4n) is 3.81. The zero-order valence-corrected chi connectivity index (χ0v) is 15.9. The van der Waals surface area contributed by atoms with Gasteiger partial charge in [-0.05, 0) is 37.7 Å². The topological polar surface area (TPSA) is 70.1 Å². The van der Waals surface area contributed by atoms with E-state index in [0.29, 0.717) is 44.0 Å². The van der Waals surface area contributed by atoms with E-state index in [-0.39, 0.29) is 24.3 Å². The fourth-order valence-corrected chi connectivity index (χ4v) is 3.81. The Labute approximate surface area is 160 Å². The minimum atomic E-state index is -0.233. The maximum absolute atomic E-state index is 13.2. The van der Waals surface area contributed by atoms with Gasteiger partial charge in [0.25, 0.3) is 11.8 Å². The van der Waals surface area contributed by atoms with E-state index in [2.05, 4.69) is 0 Å². The summed E-state index contributed by atoms with van der Waals surface area (Å²) < 4.78 is 5.35. The number of imide groups is 1. The third-order valence-corrected chi connectivity index (χ3v) is 5.17. The lowest BCUT2D eigenvalue weighted by atomic mass is 9.97. The van der Waals surface area contributed by atoms with Crippen molar-refractivity contribution in [3.8, 4) is 0 Å². The predicted molar refractivity (Wildman–Crippen MR) is 103 cm³/mol. The highest BCUT2D eigenvalue weighted by Gasteiger charge is 2.42. The van der Waals surface area contributed by atoms with Crippen molar-refractivity contribution < 1.29 is 19.4 Å². The Morgan fingerprint density at radius 2 is 1.96 bits per heavy atom. The van der Waals surface area contributed by atoms with Crippen molar-refractivity contribution in [3.63, 3.8) is 0 Å². The van der Waals surface area contributed by atoms with Gasteiger partial charge in [0, 0.05) is 39.5 Å². The number of piperidine rings is 1. The summed E-state index contributed by atoms with van der Waals surface area (Å²) in [6, 6.07) is 9.40. The Morgan fingerprint density at radius 3 is 2.67 bits per heavy atom. The first kappa shape index (κ1) is 19.6. The van der Waals surface area contributed by atoms with Gasteiger partial charge in [-0.25, -0.2) is 0 Å². The van der Waals surface area contributed by atoms with Crippen LogP contribution in [0.2, 0.25) is 0 Å². The summed E-state index contributed by atoms with van der Waals surface area (Å²) in [5.41, 5.74) is 1.74. The van der Waals surface area contributed by atoms with Gasteiger partial charge < -0.3 is 14.7 Å². The molecule has 27 heavy (non-hydrogen) atoms. The third kappa shape index (κ3) is 4.22. The molecule has 6 nitrogen and oxygen atoms in total. The minimum Gasteiger partial charge on any atom is -0.396 e. The molecule has 3 rings (SSSR count). The van der Waals surface area contributed by atoms with Crippen LogP contribution < -0.4 is 0 Å². The molecule has 1 atom stereocenters. The second kappa shape index (κ2) is 9.15. The van der Waals surface area contributed by atoms with Gasteiger partial charge in [0.05, 0.1) is 5.57 Å². The molecule has 1 aromatic rings. The SMILES string of the molecule is CCOCCCN1C(=O)C(c2ccccc2)=C(N2CCCC(CO)C2)C1=O. The number of ether oxygens (including phenoxy) is 1. The van der Waals surface area contributed by atoms with Crippen molar-refractivity contribution in [2.24, 2.45) is 5.92 Å². The molecule has 0 spiro atoms. The molecule has 1 saturated heterocycles. The molecule has 1 fully saturated rings. The minimum absolute atomic E-state index is 0.102. The van der Waals surface area contributed by atoms with Gasteiger partial charge in [-0.1, -0.05) is 30.3 Å².